The monoisotopic (exact) mass is 192 g/mol. The van der Waals surface area contributed by atoms with Crippen LogP contribution in [0.1, 0.15) is 13.8 Å². The number of carbonyl (C=O) groups is 2. The molecular formula is C7H13ClN2O2. The summed E-state index contributed by atoms with van der Waals surface area (Å²) in [5.74, 6) is -0.576. The molecule has 5 heteroatoms. The predicted octanol–water partition coefficient (Wildman–Crippen LogP) is -0.136. The molecule has 0 fully saturated rings. The van der Waals surface area contributed by atoms with Gasteiger partial charge in [0.15, 0.2) is 0 Å². The quantitative estimate of drug-likeness (QED) is 0.612. The fourth-order valence-corrected chi connectivity index (χ4v) is 0.673. The van der Waals surface area contributed by atoms with Crippen LogP contribution in [0.3, 0.4) is 0 Å². The Labute approximate surface area is 76.7 Å². The lowest BCUT2D eigenvalue weighted by Crippen LogP contribution is -2.45. The molecule has 0 radical (unpaired) electrons. The van der Waals surface area contributed by atoms with Crippen molar-refractivity contribution in [1.29, 1.82) is 0 Å². The van der Waals surface area contributed by atoms with Gasteiger partial charge in [0.05, 0.1) is 0 Å². The third-order valence-electron chi connectivity index (χ3n) is 1.36. The Morgan fingerprint density at radius 2 is 1.75 bits per heavy atom. The lowest BCUT2D eigenvalue weighted by molar-refractivity contribution is -0.127. The average Bonchev–Trinajstić information content (AvgIpc) is 2.02. The van der Waals surface area contributed by atoms with Crippen LogP contribution in [0.5, 0.6) is 0 Å². The minimum Gasteiger partial charge on any atom is -0.357 e. The summed E-state index contributed by atoms with van der Waals surface area (Å²) in [6, 6.07) is -0.538. The van der Waals surface area contributed by atoms with Crippen molar-refractivity contribution in [3.63, 3.8) is 0 Å². The summed E-state index contributed by atoms with van der Waals surface area (Å²) in [7, 11) is 1.51. The number of alkyl halides is 1. The summed E-state index contributed by atoms with van der Waals surface area (Å²) in [6.07, 6.45) is 0. The number of hydrogen-bond donors (Lipinski definition) is 2. The van der Waals surface area contributed by atoms with Crippen LogP contribution in [0.2, 0.25) is 0 Å². The van der Waals surface area contributed by atoms with Gasteiger partial charge in [-0.3, -0.25) is 9.59 Å². The number of nitrogens with one attached hydrogen (secondary N) is 2. The lowest BCUT2D eigenvalue weighted by atomic mass is 10.3. The minimum absolute atomic E-state index is 0.235. The molecule has 2 unspecified atom stereocenters. The predicted molar refractivity (Wildman–Crippen MR) is 47.0 cm³/mol. The van der Waals surface area contributed by atoms with Crippen LogP contribution in [-0.4, -0.2) is 30.3 Å². The van der Waals surface area contributed by atoms with Gasteiger partial charge in [-0.2, -0.15) is 0 Å². The molecular weight excluding hydrogens is 180 g/mol. The first-order chi connectivity index (χ1) is 5.49. The van der Waals surface area contributed by atoms with E-state index in [-0.39, 0.29) is 11.8 Å². The van der Waals surface area contributed by atoms with E-state index in [0.717, 1.165) is 0 Å². The van der Waals surface area contributed by atoms with Crippen LogP contribution < -0.4 is 10.6 Å². The molecule has 0 aliphatic carbocycles. The van der Waals surface area contributed by atoms with Crippen molar-refractivity contribution in [2.75, 3.05) is 7.05 Å². The van der Waals surface area contributed by atoms with E-state index in [1.54, 1.807) is 13.8 Å². The standard InChI is InChI=1S/C7H13ClN2O2/c1-4(8)6(11)10-5(2)7(12)9-3/h4-5H,1-3H3,(H,9,12)(H,10,11). The highest BCUT2D eigenvalue weighted by Gasteiger charge is 2.16. The smallest absolute Gasteiger partial charge is 0.242 e. The second-order valence-corrected chi connectivity index (χ2v) is 3.12. The fraction of sp³-hybridized carbons (Fsp3) is 0.714. The second kappa shape index (κ2) is 4.98. The zero-order valence-corrected chi connectivity index (χ0v) is 8.11. The summed E-state index contributed by atoms with van der Waals surface area (Å²) in [5, 5.41) is 4.25. The molecule has 0 rings (SSSR count). The van der Waals surface area contributed by atoms with Crippen LogP contribution in [0.25, 0.3) is 0 Å². The Morgan fingerprint density at radius 1 is 1.25 bits per heavy atom. The van der Waals surface area contributed by atoms with Crippen LogP contribution in [0.4, 0.5) is 0 Å². The first-order valence-corrected chi connectivity index (χ1v) is 4.08. The molecule has 0 saturated heterocycles. The lowest BCUT2D eigenvalue weighted by Gasteiger charge is -2.12. The Morgan fingerprint density at radius 3 is 2.08 bits per heavy atom. The molecule has 0 aliphatic heterocycles. The number of hydrogen-bond acceptors (Lipinski definition) is 2. The van der Waals surface area contributed by atoms with Crippen molar-refractivity contribution < 1.29 is 9.59 Å². The second-order valence-electron chi connectivity index (χ2n) is 2.46. The van der Waals surface area contributed by atoms with Gasteiger partial charge < -0.3 is 10.6 Å². The van der Waals surface area contributed by atoms with Crippen molar-refractivity contribution in [1.82, 2.24) is 10.6 Å². The number of likely N-dealkylation sites (N-methyl/N-ethyl adjacent to an activating group) is 1. The zero-order chi connectivity index (χ0) is 9.72. The van der Waals surface area contributed by atoms with Crippen molar-refractivity contribution >= 4 is 23.4 Å². The molecule has 70 valence electrons. The van der Waals surface area contributed by atoms with Gasteiger partial charge in [-0.05, 0) is 13.8 Å². The molecule has 0 bridgehead atoms. The fourth-order valence-electron chi connectivity index (χ4n) is 0.610. The summed E-state index contributed by atoms with van der Waals surface area (Å²) in [5.41, 5.74) is 0. The van der Waals surface area contributed by atoms with Crippen molar-refractivity contribution in [2.45, 2.75) is 25.3 Å². The van der Waals surface area contributed by atoms with Crippen molar-refractivity contribution in [3.05, 3.63) is 0 Å². The van der Waals surface area contributed by atoms with Gasteiger partial charge in [-0.1, -0.05) is 0 Å². The van der Waals surface area contributed by atoms with E-state index >= 15 is 0 Å². The van der Waals surface area contributed by atoms with Crippen molar-refractivity contribution in [3.8, 4) is 0 Å². The molecule has 0 aliphatic rings. The molecule has 0 aromatic heterocycles. The third kappa shape index (κ3) is 3.57. The van der Waals surface area contributed by atoms with Gasteiger partial charge >= 0.3 is 0 Å². The SMILES string of the molecule is CNC(=O)C(C)NC(=O)C(C)Cl. The van der Waals surface area contributed by atoms with Gasteiger partial charge in [0.1, 0.15) is 11.4 Å². The highest BCUT2D eigenvalue weighted by molar-refractivity contribution is 6.30. The number of amides is 2. The summed E-state index contributed by atoms with van der Waals surface area (Å²) in [6.45, 7) is 3.14. The van der Waals surface area contributed by atoms with Gasteiger partial charge in [0.2, 0.25) is 11.8 Å². The summed E-state index contributed by atoms with van der Waals surface area (Å²) < 4.78 is 0. The van der Waals surface area contributed by atoms with E-state index in [1.165, 1.54) is 7.05 Å². The highest BCUT2D eigenvalue weighted by Crippen LogP contribution is 1.93. The van der Waals surface area contributed by atoms with Crippen LogP contribution in [0.15, 0.2) is 0 Å². The highest BCUT2D eigenvalue weighted by atomic mass is 35.5. The van der Waals surface area contributed by atoms with E-state index < -0.39 is 11.4 Å². The van der Waals surface area contributed by atoms with E-state index in [4.69, 9.17) is 11.6 Å². The third-order valence-corrected chi connectivity index (χ3v) is 1.56. The molecule has 4 nitrogen and oxygen atoms in total. The Balaban J connectivity index is 3.92. The van der Waals surface area contributed by atoms with E-state index in [9.17, 15) is 9.59 Å². The minimum atomic E-state index is -0.614. The molecule has 0 aromatic rings. The van der Waals surface area contributed by atoms with Crippen molar-refractivity contribution in [2.24, 2.45) is 0 Å². The molecule has 0 spiro atoms. The summed E-state index contributed by atoms with van der Waals surface area (Å²) in [4.78, 5) is 21.9. The molecule has 2 N–H and O–H groups in total. The van der Waals surface area contributed by atoms with Gasteiger partial charge in [-0.15, -0.1) is 11.6 Å². The molecule has 2 atom stereocenters. The summed E-state index contributed by atoms with van der Waals surface area (Å²) >= 11 is 5.48. The van der Waals surface area contributed by atoms with Gasteiger partial charge in [0, 0.05) is 7.05 Å². The largest absolute Gasteiger partial charge is 0.357 e. The number of rotatable bonds is 3. The zero-order valence-electron chi connectivity index (χ0n) is 7.35. The molecule has 0 saturated carbocycles. The Hall–Kier alpha value is -0.770. The van der Waals surface area contributed by atoms with Gasteiger partial charge in [-0.25, -0.2) is 0 Å². The molecule has 2 amide bonds. The maximum atomic E-state index is 11.0. The topological polar surface area (TPSA) is 58.2 Å². The number of carbonyl (C=O) groups excluding carboxylic acids is 2. The normalized spacial score (nSPS) is 14.7. The van der Waals surface area contributed by atoms with Crippen LogP contribution >= 0.6 is 11.6 Å². The van der Waals surface area contributed by atoms with Crippen LogP contribution in [0, 0.1) is 0 Å². The molecule has 0 heterocycles. The molecule has 0 aromatic carbocycles. The van der Waals surface area contributed by atoms with E-state index in [1.807, 2.05) is 0 Å². The van der Waals surface area contributed by atoms with Crippen LogP contribution in [-0.2, 0) is 9.59 Å². The van der Waals surface area contributed by atoms with Gasteiger partial charge in [0.25, 0.3) is 0 Å². The maximum Gasteiger partial charge on any atom is 0.242 e. The number of halogens is 1. The van der Waals surface area contributed by atoms with E-state index in [0.29, 0.717) is 0 Å². The first-order valence-electron chi connectivity index (χ1n) is 3.65. The Bertz CT molecular complexity index is 182. The molecule has 12 heavy (non-hydrogen) atoms. The first kappa shape index (κ1) is 11.2. The Kier molecular flexibility index (Phi) is 4.66. The van der Waals surface area contributed by atoms with E-state index in [2.05, 4.69) is 10.6 Å². The average molecular weight is 193 g/mol. The maximum absolute atomic E-state index is 11.0.